The molecular weight excluding hydrogens is 440 g/mol. The largest absolute Gasteiger partial charge is 0.355 e. The van der Waals surface area contributed by atoms with Gasteiger partial charge in [-0.15, -0.1) is 11.8 Å². The lowest BCUT2D eigenvalue weighted by Crippen LogP contribution is -2.50. The van der Waals surface area contributed by atoms with E-state index in [9.17, 15) is 9.59 Å². The van der Waals surface area contributed by atoms with E-state index < -0.39 is 6.04 Å². The summed E-state index contributed by atoms with van der Waals surface area (Å²) in [6.45, 7) is 6.95. The lowest BCUT2D eigenvalue weighted by atomic mass is 10.0. The molecule has 1 atom stereocenters. The number of nitrogens with zero attached hydrogens (tertiary/aromatic N) is 1. The van der Waals surface area contributed by atoms with Gasteiger partial charge in [0.1, 0.15) is 6.04 Å². The third-order valence-corrected chi connectivity index (χ3v) is 6.72. The van der Waals surface area contributed by atoms with Crippen molar-refractivity contribution in [2.75, 3.05) is 12.3 Å². The molecule has 2 amide bonds. The highest BCUT2D eigenvalue weighted by Gasteiger charge is 2.29. The van der Waals surface area contributed by atoms with E-state index in [1.807, 2.05) is 68.4 Å². The highest BCUT2D eigenvalue weighted by molar-refractivity contribution is 7.99. The molecule has 1 N–H and O–H groups in total. The Labute approximate surface area is 207 Å². The highest BCUT2D eigenvalue weighted by atomic mass is 32.2. The van der Waals surface area contributed by atoms with Gasteiger partial charge >= 0.3 is 0 Å². The van der Waals surface area contributed by atoms with Crippen molar-refractivity contribution in [1.82, 2.24) is 10.2 Å². The van der Waals surface area contributed by atoms with Crippen LogP contribution in [0.25, 0.3) is 0 Å². The van der Waals surface area contributed by atoms with Crippen molar-refractivity contribution in [3.8, 4) is 0 Å². The first-order valence-corrected chi connectivity index (χ1v) is 12.8. The van der Waals surface area contributed by atoms with Crippen LogP contribution in [0.15, 0.2) is 83.8 Å². The van der Waals surface area contributed by atoms with E-state index in [0.717, 1.165) is 16.0 Å². The van der Waals surface area contributed by atoms with E-state index >= 15 is 0 Å². The number of likely N-dealkylation sites (N-methyl/N-ethyl adjacent to an activating group) is 1. The molecule has 0 heterocycles. The molecule has 34 heavy (non-hydrogen) atoms. The maximum atomic E-state index is 13.5. The van der Waals surface area contributed by atoms with Crippen molar-refractivity contribution < 1.29 is 9.59 Å². The summed E-state index contributed by atoms with van der Waals surface area (Å²) in [5, 5.41) is 2.95. The van der Waals surface area contributed by atoms with Gasteiger partial charge in [-0.2, -0.15) is 0 Å². The molecule has 0 saturated carbocycles. The van der Waals surface area contributed by atoms with Crippen molar-refractivity contribution in [3.63, 3.8) is 0 Å². The second-order valence-corrected chi connectivity index (χ2v) is 9.69. The number of nitrogens with one attached hydrogen (secondary N) is 1. The number of rotatable bonds is 11. The smallest absolute Gasteiger partial charge is 0.243 e. The normalized spacial score (nSPS) is 11.6. The van der Waals surface area contributed by atoms with Crippen LogP contribution >= 0.6 is 11.8 Å². The molecule has 3 aromatic carbocycles. The number of carbonyl (C=O) groups is 2. The van der Waals surface area contributed by atoms with Crippen LogP contribution in [-0.4, -0.2) is 35.1 Å². The second kappa shape index (κ2) is 13.0. The van der Waals surface area contributed by atoms with Crippen molar-refractivity contribution in [2.45, 2.75) is 51.1 Å². The number of hydrogen-bond donors (Lipinski definition) is 1. The molecular formula is C29H34N2O2S. The van der Waals surface area contributed by atoms with Crippen molar-refractivity contribution in [1.29, 1.82) is 0 Å². The monoisotopic (exact) mass is 474 g/mol. The molecule has 4 nitrogen and oxygen atoms in total. The molecule has 0 aliphatic heterocycles. The van der Waals surface area contributed by atoms with Gasteiger partial charge in [-0.3, -0.25) is 9.59 Å². The maximum absolute atomic E-state index is 13.5. The van der Waals surface area contributed by atoms with E-state index in [4.69, 9.17) is 0 Å². The van der Waals surface area contributed by atoms with Crippen LogP contribution in [0.3, 0.4) is 0 Å². The molecule has 0 aromatic heterocycles. The average Bonchev–Trinajstić information content (AvgIpc) is 2.84. The van der Waals surface area contributed by atoms with E-state index in [2.05, 4.69) is 36.5 Å². The highest BCUT2D eigenvalue weighted by Crippen LogP contribution is 2.21. The second-order valence-electron chi connectivity index (χ2n) is 8.52. The summed E-state index contributed by atoms with van der Waals surface area (Å²) in [6.07, 6.45) is 0.852. The molecule has 5 heteroatoms. The first kappa shape index (κ1) is 25.6. The predicted molar refractivity (Wildman–Crippen MR) is 141 cm³/mol. The number of thioether (sulfide) groups is 1. The summed E-state index contributed by atoms with van der Waals surface area (Å²) in [6, 6.07) is 25.8. The molecule has 178 valence electrons. The van der Waals surface area contributed by atoms with Gasteiger partial charge in [0.25, 0.3) is 0 Å². The quantitative estimate of drug-likeness (QED) is 0.370. The van der Waals surface area contributed by atoms with Crippen LogP contribution in [0, 0.1) is 13.8 Å². The van der Waals surface area contributed by atoms with Crippen molar-refractivity contribution >= 4 is 23.6 Å². The maximum Gasteiger partial charge on any atom is 0.243 e. The van der Waals surface area contributed by atoms with Crippen LogP contribution < -0.4 is 5.32 Å². The topological polar surface area (TPSA) is 49.4 Å². The summed E-state index contributed by atoms with van der Waals surface area (Å²) >= 11 is 1.67. The average molecular weight is 475 g/mol. The van der Waals surface area contributed by atoms with Crippen molar-refractivity contribution in [2.24, 2.45) is 0 Å². The number of carbonyl (C=O) groups excluding carboxylic acids is 2. The first-order chi connectivity index (χ1) is 16.5. The third-order valence-electron chi connectivity index (χ3n) is 5.70. The molecule has 1 unspecified atom stereocenters. The fourth-order valence-electron chi connectivity index (χ4n) is 3.77. The van der Waals surface area contributed by atoms with Crippen LogP contribution in [0.2, 0.25) is 0 Å². The van der Waals surface area contributed by atoms with E-state index in [0.29, 0.717) is 31.7 Å². The minimum atomic E-state index is -0.569. The Kier molecular flexibility index (Phi) is 9.77. The SMILES string of the molecule is CCNC(=O)C(Cc1ccccc1)N(Cc1ccc(C)cc1)C(=O)CCSc1ccc(C)cc1. The Morgan fingerprint density at radius 3 is 2.09 bits per heavy atom. The summed E-state index contributed by atoms with van der Waals surface area (Å²) in [7, 11) is 0. The summed E-state index contributed by atoms with van der Waals surface area (Å²) in [4.78, 5) is 29.6. The first-order valence-electron chi connectivity index (χ1n) is 11.8. The third kappa shape index (κ3) is 7.77. The van der Waals surface area contributed by atoms with E-state index in [-0.39, 0.29) is 11.8 Å². The Morgan fingerprint density at radius 2 is 1.47 bits per heavy atom. The molecule has 0 saturated heterocycles. The summed E-state index contributed by atoms with van der Waals surface area (Å²) < 4.78 is 0. The lowest BCUT2D eigenvalue weighted by Gasteiger charge is -2.31. The van der Waals surface area contributed by atoms with Crippen LogP contribution in [-0.2, 0) is 22.6 Å². The molecule has 0 aliphatic carbocycles. The number of aryl methyl sites for hydroxylation is 2. The molecule has 0 aliphatic rings. The number of hydrogen-bond acceptors (Lipinski definition) is 3. The zero-order valence-corrected chi connectivity index (χ0v) is 21.1. The van der Waals surface area contributed by atoms with Crippen LogP contribution in [0.1, 0.15) is 35.6 Å². The van der Waals surface area contributed by atoms with Gasteiger partial charge in [0.15, 0.2) is 0 Å². The Bertz CT molecular complexity index is 1050. The fourth-order valence-corrected chi connectivity index (χ4v) is 4.61. The zero-order valence-electron chi connectivity index (χ0n) is 20.3. The zero-order chi connectivity index (χ0) is 24.3. The van der Waals surface area contributed by atoms with Crippen molar-refractivity contribution in [3.05, 3.63) is 101 Å². The molecule has 3 rings (SSSR count). The van der Waals surface area contributed by atoms with Crippen LogP contribution in [0.4, 0.5) is 0 Å². The molecule has 0 spiro atoms. The van der Waals surface area contributed by atoms with Gasteiger partial charge in [-0.25, -0.2) is 0 Å². The van der Waals surface area contributed by atoms with Gasteiger partial charge in [-0.1, -0.05) is 77.9 Å². The Morgan fingerprint density at radius 1 is 0.853 bits per heavy atom. The molecule has 3 aromatic rings. The molecule has 0 bridgehead atoms. The standard InChI is InChI=1S/C29H34N2O2S/c1-4-30-29(33)27(20-24-8-6-5-7-9-24)31(21-25-14-10-22(2)11-15-25)28(32)18-19-34-26-16-12-23(3)13-17-26/h5-17,27H,4,18-21H2,1-3H3,(H,30,33). The fraction of sp³-hybridized carbons (Fsp3) is 0.310. The van der Waals surface area contributed by atoms with E-state index in [1.54, 1.807) is 16.7 Å². The molecule has 0 fully saturated rings. The Hall–Kier alpha value is -3.05. The van der Waals surface area contributed by atoms with Gasteiger partial charge < -0.3 is 10.2 Å². The minimum absolute atomic E-state index is 0.00706. The van der Waals surface area contributed by atoms with Gasteiger partial charge in [0.05, 0.1) is 0 Å². The van der Waals surface area contributed by atoms with Gasteiger partial charge in [0.2, 0.25) is 11.8 Å². The van der Waals surface area contributed by atoms with E-state index in [1.165, 1.54) is 11.1 Å². The predicted octanol–water partition coefficient (Wildman–Crippen LogP) is 5.56. The van der Waals surface area contributed by atoms with Gasteiger partial charge in [-0.05, 0) is 44.0 Å². The Balaban J connectivity index is 1.81. The summed E-state index contributed by atoms with van der Waals surface area (Å²) in [5.41, 5.74) is 4.44. The number of amides is 2. The minimum Gasteiger partial charge on any atom is -0.355 e. The van der Waals surface area contributed by atoms with Gasteiger partial charge in [0, 0.05) is 36.6 Å². The summed E-state index contributed by atoms with van der Waals surface area (Å²) in [5.74, 6) is 0.546. The molecule has 0 radical (unpaired) electrons. The number of benzene rings is 3. The lowest BCUT2D eigenvalue weighted by molar-refractivity contribution is -0.140. The van der Waals surface area contributed by atoms with Crippen LogP contribution in [0.5, 0.6) is 0 Å².